The lowest BCUT2D eigenvalue weighted by Gasteiger charge is -2.09. The molecule has 1 N–H and O–H groups in total. The van der Waals surface area contributed by atoms with Crippen molar-refractivity contribution in [1.82, 2.24) is 4.57 Å². The number of aromatic nitrogens is 1. The third kappa shape index (κ3) is 3.95. The number of benzene rings is 1. The first-order chi connectivity index (χ1) is 10.1. The molecule has 0 aliphatic heterocycles. The summed E-state index contributed by atoms with van der Waals surface area (Å²) in [7, 11) is 0. The van der Waals surface area contributed by atoms with Crippen LogP contribution in [0.25, 0.3) is 0 Å². The van der Waals surface area contributed by atoms with Crippen LogP contribution in [0.5, 0.6) is 0 Å². The molecular formula is C16H18N2O3. The van der Waals surface area contributed by atoms with Crippen LogP contribution in [0.15, 0.2) is 42.6 Å². The molecule has 2 aromatic rings. The Labute approximate surface area is 123 Å². The number of anilines is 1. The lowest BCUT2D eigenvalue weighted by atomic mass is 10.2. The summed E-state index contributed by atoms with van der Waals surface area (Å²) in [4.78, 5) is 23.7. The molecule has 110 valence electrons. The number of carbonyl (C=O) groups is 2. The van der Waals surface area contributed by atoms with E-state index in [1.807, 2.05) is 31.2 Å². The van der Waals surface area contributed by atoms with Crippen LogP contribution < -0.4 is 5.32 Å². The Kier molecular flexibility index (Phi) is 4.77. The van der Waals surface area contributed by atoms with Crippen LogP contribution in [0.3, 0.4) is 0 Å². The normalized spacial score (nSPS) is 10.2. The average Bonchev–Trinajstić information content (AvgIpc) is 2.90. The molecule has 1 aromatic heterocycles. The average molecular weight is 286 g/mol. The number of nitrogens with zero attached hydrogens (tertiary/aromatic N) is 1. The van der Waals surface area contributed by atoms with Crippen LogP contribution in [0.1, 0.15) is 23.0 Å². The quantitative estimate of drug-likeness (QED) is 0.859. The van der Waals surface area contributed by atoms with E-state index in [1.54, 1.807) is 29.8 Å². The number of amides is 1. The van der Waals surface area contributed by atoms with Gasteiger partial charge >= 0.3 is 5.97 Å². The Balaban J connectivity index is 2.01. The standard InChI is InChI=1S/C16H18N2O3/c1-3-21-16(20)14-5-4-10-18(14)11-15(19)17-13-8-6-12(2)7-9-13/h4-10H,3,11H2,1-2H3,(H,17,19). The van der Waals surface area contributed by atoms with Gasteiger partial charge in [-0.3, -0.25) is 4.79 Å². The van der Waals surface area contributed by atoms with Crippen LogP contribution in [0, 0.1) is 6.92 Å². The van der Waals surface area contributed by atoms with Crippen molar-refractivity contribution < 1.29 is 14.3 Å². The molecule has 0 atom stereocenters. The van der Waals surface area contributed by atoms with Gasteiger partial charge in [-0.25, -0.2) is 4.79 Å². The highest BCUT2D eigenvalue weighted by Crippen LogP contribution is 2.10. The molecule has 5 nitrogen and oxygen atoms in total. The smallest absolute Gasteiger partial charge is 0.354 e. The zero-order chi connectivity index (χ0) is 15.2. The predicted molar refractivity (Wildman–Crippen MR) is 80.2 cm³/mol. The fraction of sp³-hybridized carbons (Fsp3) is 0.250. The number of hydrogen-bond donors (Lipinski definition) is 1. The number of ether oxygens (including phenoxy) is 1. The Bertz CT molecular complexity index is 629. The summed E-state index contributed by atoms with van der Waals surface area (Å²) in [5.41, 5.74) is 2.23. The highest BCUT2D eigenvalue weighted by Gasteiger charge is 2.13. The number of nitrogens with one attached hydrogen (secondary N) is 1. The summed E-state index contributed by atoms with van der Waals surface area (Å²) in [5.74, 6) is -0.619. The van der Waals surface area contributed by atoms with Crippen molar-refractivity contribution in [3.8, 4) is 0 Å². The van der Waals surface area contributed by atoms with Gasteiger partial charge in [-0.05, 0) is 38.1 Å². The predicted octanol–water partition coefficient (Wildman–Crippen LogP) is 2.61. The van der Waals surface area contributed by atoms with Crippen LogP contribution in [0.2, 0.25) is 0 Å². The van der Waals surface area contributed by atoms with E-state index in [1.165, 1.54) is 0 Å². The molecule has 0 saturated heterocycles. The van der Waals surface area contributed by atoms with Gasteiger partial charge in [0.2, 0.25) is 5.91 Å². The first-order valence-electron chi connectivity index (χ1n) is 6.79. The van der Waals surface area contributed by atoms with Crippen molar-refractivity contribution >= 4 is 17.6 Å². The molecular weight excluding hydrogens is 268 g/mol. The number of hydrogen-bond acceptors (Lipinski definition) is 3. The molecule has 21 heavy (non-hydrogen) atoms. The molecule has 1 amide bonds. The second-order valence-corrected chi connectivity index (χ2v) is 4.66. The van der Waals surface area contributed by atoms with Crippen LogP contribution >= 0.6 is 0 Å². The Morgan fingerprint density at radius 2 is 1.90 bits per heavy atom. The van der Waals surface area contributed by atoms with Crippen molar-refractivity contribution in [2.45, 2.75) is 20.4 Å². The van der Waals surface area contributed by atoms with Gasteiger partial charge in [0.15, 0.2) is 0 Å². The lowest BCUT2D eigenvalue weighted by Crippen LogP contribution is -2.21. The summed E-state index contributed by atoms with van der Waals surface area (Å²) < 4.78 is 6.52. The number of rotatable bonds is 5. The Hall–Kier alpha value is -2.56. The topological polar surface area (TPSA) is 60.3 Å². The van der Waals surface area contributed by atoms with E-state index in [9.17, 15) is 9.59 Å². The number of aryl methyl sites for hydroxylation is 1. The van der Waals surface area contributed by atoms with Crippen LogP contribution in [-0.2, 0) is 16.1 Å². The molecule has 2 rings (SSSR count). The highest BCUT2D eigenvalue weighted by atomic mass is 16.5. The van der Waals surface area contributed by atoms with E-state index >= 15 is 0 Å². The maximum absolute atomic E-state index is 12.0. The second-order valence-electron chi connectivity index (χ2n) is 4.66. The minimum atomic E-state index is -0.425. The van der Waals surface area contributed by atoms with Gasteiger partial charge in [-0.15, -0.1) is 0 Å². The molecule has 0 saturated carbocycles. The molecule has 0 aliphatic carbocycles. The van der Waals surface area contributed by atoms with Gasteiger partial charge in [-0.1, -0.05) is 17.7 Å². The minimum absolute atomic E-state index is 0.0645. The van der Waals surface area contributed by atoms with E-state index in [2.05, 4.69) is 5.32 Å². The Morgan fingerprint density at radius 3 is 2.57 bits per heavy atom. The van der Waals surface area contributed by atoms with Gasteiger partial charge in [0.25, 0.3) is 0 Å². The van der Waals surface area contributed by atoms with E-state index in [-0.39, 0.29) is 12.5 Å². The van der Waals surface area contributed by atoms with Gasteiger partial charge in [0.05, 0.1) is 6.61 Å². The first kappa shape index (κ1) is 14.8. The van der Waals surface area contributed by atoms with Crippen molar-refractivity contribution in [1.29, 1.82) is 0 Å². The van der Waals surface area contributed by atoms with Crippen LogP contribution in [-0.4, -0.2) is 23.1 Å². The molecule has 0 bridgehead atoms. The van der Waals surface area contributed by atoms with Gasteiger partial charge < -0.3 is 14.6 Å². The molecule has 0 spiro atoms. The molecule has 0 aliphatic rings. The van der Waals surface area contributed by atoms with Gasteiger partial charge in [-0.2, -0.15) is 0 Å². The van der Waals surface area contributed by atoms with E-state index < -0.39 is 5.97 Å². The maximum atomic E-state index is 12.0. The highest BCUT2D eigenvalue weighted by molar-refractivity contribution is 5.92. The van der Waals surface area contributed by atoms with E-state index in [0.29, 0.717) is 12.3 Å². The molecule has 1 aromatic carbocycles. The van der Waals surface area contributed by atoms with Gasteiger partial charge in [0.1, 0.15) is 12.2 Å². The summed E-state index contributed by atoms with van der Waals surface area (Å²) in [6.45, 7) is 4.10. The second kappa shape index (κ2) is 6.74. The maximum Gasteiger partial charge on any atom is 0.354 e. The molecule has 0 unspecified atom stereocenters. The third-order valence-corrected chi connectivity index (χ3v) is 2.96. The van der Waals surface area contributed by atoms with Crippen molar-refractivity contribution in [3.63, 3.8) is 0 Å². The summed E-state index contributed by atoms with van der Waals surface area (Å²) in [5, 5.41) is 2.79. The molecule has 0 radical (unpaired) electrons. The van der Waals surface area contributed by atoms with Gasteiger partial charge in [0, 0.05) is 11.9 Å². The Morgan fingerprint density at radius 1 is 1.19 bits per heavy atom. The monoisotopic (exact) mass is 286 g/mol. The number of carbonyl (C=O) groups excluding carboxylic acids is 2. The minimum Gasteiger partial charge on any atom is -0.461 e. The van der Waals surface area contributed by atoms with Crippen LogP contribution in [0.4, 0.5) is 5.69 Å². The van der Waals surface area contributed by atoms with Crippen molar-refractivity contribution in [2.24, 2.45) is 0 Å². The molecule has 5 heteroatoms. The fourth-order valence-corrected chi connectivity index (χ4v) is 1.93. The summed E-state index contributed by atoms with van der Waals surface area (Å²) in [6.07, 6.45) is 1.68. The summed E-state index contributed by atoms with van der Waals surface area (Å²) >= 11 is 0. The van der Waals surface area contributed by atoms with Crippen molar-refractivity contribution in [3.05, 3.63) is 53.9 Å². The van der Waals surface area contributed by atoms with E-state index in [4.69, 9.17) is 4.74 Å². The van der Waals surface area contributed by atoms with E-state index in [0.717, 1.165) is 11.3 Å². The van der Waals surface area contributed by atoms with Crippen molar-refractivity contribution in [2.75, 3.05) is 11.9 Å². The largest absolute Gasteiger partial charge is 0.461 e. The first-order valence-corrected chi connectivity index (χ1v) is 6.79. The summed E-state index contributed by atoms with van der Waals surface area (Å²) in [6, 6.07) is 10.9. The third-order valence-electron chi connectivity index (χ3n) is 2.96. The zero-order valence-corrected chi connectivity index (χ0v) is 12.1. The molecule has 0 fully saturated rings. The SMILES string of the molecule is CCOC(=O)c1cccn1CC(=O)Nc1ccc(C)cc1. The fourth-order valence-electron chi connectivity index (χ4n) is 1.93. The lowest BCUT2D eigenvalue weighted by molar-refractivity contribution is -0.116. The number of esters is 1. The molecule has 1 heterocycles. The zero-order valence-electron chi connectivity index (χ0n) is 12.1.